The Bertz CT molecular complexity index is 3550. The normalized spacial score (nSPS) is 11.7. The number of para-hydroxylation sites is 4. The van der Waals surface area contributed by atoms with E-state index in [-0.39, 0.29) is 0 Å². The Morgan fingerprint density at radius 3 is 1.63 bits per heavy atom. The Kier molecular flexibility index (Phi) is 7.54. The van der Waals surface area contributed by atoms with Gasteiger partial charge < -0.3 is 13.7 Å². The second-order valence-electron chi connectivity index (χ2n) is 15.2. The molecule has 0 amide bonds. The van der Waals surface area contributed by atoms with Crippen molar-refractivity contribution in [3.63, 3.8) is 0 Å². The highest BCUT2D eigenvalue weighted by molar-refractivity contribution is 6.18. The van der Waals surface area contributed by atoms with Gasteiger partial charge in [0, 0.05) is 43.7 Å². The Balaban J connectivity index is 1.02. The molecule has 10 aromatic carbocycles. The van der Waals surface area contributed by atoms with Crippen LogP contribution in [0.15, 0.2) is 221 Å². The third kappa shape index (κ3) is 5.36. The molecule has 2 aromatic heterocycles. The molecule has 0 fully saturated rings. The number of rotatable bonds is 6. The van der Waals surface area contributed by atoms with E-state index in [1.807, 2.05) is 12.1 Å². The van der Waals surface area contributed by atoms with Crippen molar-refractivity contribution in [2.45, 2.75) is 0 Å². The fourth-order valence-corrected chi connectivity index (χ4v) is 9.07. The second-order valence-corrected chi connectivity index (χ2v) is 15.2. The summed E-state index contributed by atoms with van der Waals surface area (Å²) in [5, 5.41) is 9.17. The molecule has 0 saturated heterocycles. The van der Waals surface area contributed by atoms with Crippen LogP contribution in [0.5, 0.6) is 0 Å². The number of furan rings is 2. The molecule has 3 nitrogen and oxygen atoms in total. The van der Waals surface area contributed by atoms with E-state index in [9.17, 15) is 0 Å². The molecule has 0 aliphatic carbocycles. The van der Waals surface area contributed by atoms with Gasteiger partial charge in [0.15, 0.2) is 5.58 Å². The smallest absolute Gasteiger partial charge is 0.159 e. The Hall–Kier alpha value is -7.88. The summed E-state index contributed by atoms with van der Waals surface area (Å²) >= 11 is 0. The predicted molar refractivity (Wildman–Crippen MR) is 247 cm³/mol. The highest BCUT2D eigenvalue weighted by Gasteiger charge is 2.24. The van der Waals surface area contributed by atoms with Crippen LogP contribution in [-0.4, -0.2) is 0 Å². The van der Waals surface area contributed by atoms with Crippen molar-refractivity contribution in [1.82, 2.24) is 0 Å². The molecule has 0 spiro atoms. The van der Waals surface area contributed by atoms with Gasteiger partial charge in [-0.05, 0) is 74.8 Å². The molecule has 59 heavy (non-hydrogen) atoms. The SMILES string of the molecule is c1ccc(N(c2ccc(-c3ccc(-c4cccc5ccccc45)cc3)cc2)c2cccc3c2oc2ccccc23)c(-c2cccc3c2oc2c4ccccc4ccc32)c1. The lowest BCUT2D eigenvalue weighted by atomic mass is 9.96. The van der Waals surface area contributed by atoms with Crippen LogP contribution >= 0.6 is 0 Å². The summed E-state index contributed by atoms with van der Waals surface area (Å²) in [6, 6.07) is 75.6. The van der Waals surface area contributed by atoms with Gasteiger partial charge in [-0.25, -0.2) is 0 Å². The first kappa shape index (κ1) is 33.3. The van der Waals surface area contributed by atoms with E-state index in [1.165, 1.54) is 21.9 Å². The number of hydrogen-bond donors (Lipinski definition) is 0. The molecule has 3 heteroatoms. The van der Waals surface area contributed by atoms with Crippen molar-refractivity contribution >= 4 is 82.5 Å². The minimum atomic E-state index is 0.838. The zero-order chi connectivity index (χ0) is 38.9. The Labute approximate surface area is 340 Å². The number of benzene rings is 10. The average molecular weight is 754 g/mol. The molecule has 12 aromatic rings. The van der Waals surface area contributed by atoms with Crippen LogP contribution in [-0.2, 0) is 0 Å². The molecule has 2 heterocycles. The van der Waals surface area contributed by atoms with Crippen molar-refractivity contribution in [1.29, 1.82) is 0 Å². The average Bonchev–Trinajstić information content (AvgIpc) is 3.89. The fourth-order valence-electron chi connectivity index (χ4n) is 9.07. The number of hydrogen-bond acceptors (Lipinski definition) is 3. The summed E-state index contributed by atoms with van der Waals surface area (Å²) in [6.45, 7) is 0. The topological polar surface area (TPSA) is 29.5 Å². The lowest BCUT2D eigenvalue weighted by Crippen LogP contribution is -2.11. The summed E-state index contributed by atoms with van der Waals surface area (Å²) in [4.78, 5) is 2.34. The van der Waals surface area contributed by atoms with Gasteiger partial charge in [-0.3, -0.25) is 0 Å². The van der Waals surface area contributed by atoms with Gasteiger partial charge in [-0.15, -0.1) is 0 Å². The van der Waals surface area contributed by atoms with Gasteiger partial charge in [0.25, 0.3) is 0 Å². The van der Waals surface area contributed by atoms with Crippen LogP contribution in [0.4, 0.5) is 17.1 Å². The van der Waals surface area contributed by atoms with Gasteiger partial charge in [0.1, 0.15) is 16.7 Å². The molecular weight excluding hydrogens is 719 g/mol. The molecule has 0 N–H and O–H groups in total. The van der Waals surface area contributed by atoms with Crippen LogP contribution in [0.25, 0.3) is 98.8 Å². The Morgan fingerprint density at radius 2 is 0.797 bits per heavy atom. The van der Waals surface area contributed by atoms with Gasteiger partial charge >= 0.3 is 0 Å². The number of anilines is 3. The zero-order valence-corrected chi connectivity index (χ0v) is 32.0. The van der Waals surface area contributed by atoms with E-state index in [1.54, 1.807) is 0 Å². The molecule has 0 saturated carbocycles. The first-order valence-corrected chi connectivity index (χ1v) is 20.1. The standard InChI is InChI=1S/C56H35NO2/c1-3-15-42-38(12-1)14-9-19-43(42)40-28-26-36(27-29-40)37-30-33-41(34-31-37)57(52-24-11-22-48-46-18-6-8-25-53(46)58-56(48)52)51-23-7-5-17-45(51)47-20-10-21-49-50-35-32-39-13-2-4-16-44(39)54(50)59-55(47)49/h1-35H. The quantitative estimate of drug-likeness (QED) is 0.169. The maximum absolute atomic E-state index is 6.89. The number of nitrogens with zero attached hydrogens (tertiary/aromatic N) is 1. The maximum atomic E-state index is 6.89. The van der Waals surface area contributed by atoms with E-state index in [0.29, 0.717) is 0 Å². The summed E-state index contributed by atoms with van der Waals surface area (Å²) in [6.07, 6.45) is 0. The summed E-state index contributed by atoms with van der Waals surface area (Å²) in [5.41, 5.74) is 13.3. The van der Waals surface area contributed by atoms with E-state index in [0.717, 1.165) is 94.0 Å². The lowest BCUT2D eigenvalue weighted by molar-refractivity contribution is 0.669. The second kappa shape index (κ2) is 13.4. The number of fused-ring (bicyclic) bond motifs is 9. The van der Waals surface area contributed by atoms with Crippen LogP contribution in [0, 0.1) is 0 Å². The maximum Gasteiger partial charge on any atom is 0.159 e. The van der Waals surface area contributed by atoms with Crippen LogP contribution in [0.2, 0.25) is 0 Å². The van der Waals surface area contributed by atoms with E-state index < -0.39 is 0 Å². The van der Waals surface area contributed by atoms with Crippen molar-refractivity contribution in [2.24, 2.45) is 0 Å². The van der Waals surface area contributed by atoms with Gasteiger partial charge in [-0.2, -0.15) is 0 Å². The minimum Gasteiger partial charge on any atom is -0.455 e. The van der Waals surface area contributed by atoms with Crippen molar-refractivity contribution in [2.75, 3.05) is 4.90 Å². The molecule has 0 aliphatic heterocycles. The van der Waals surface area contributed by atoms with Crippen molar-refractivity contribution < 1.29 is 8.83 Å². The first-order valence-electron chi connectivity index (χ1n) is 20.1. The van der Waals surface area contributed by atoms with E-state index in [4.69, 9.17) is 8.83 Å². The van der Waals surface area contributed by atoms with Crippen molar-refractivity contribution in [3.8, 4) is 33.4 Å². The third-order valence-corrected chi connectivity index (χ3v) is 11.9. The van der Waals surface area contributed by atoms with Gasteiger partial charge in [0.2, 0.25) is 0 Å². The van der Waals surface area contributed by atoms with Crippen LogP contribution in [0.3, 0.4) is 0 Å². The summed E-state index contributed by atoms with van der Waals surface area (Å²) < 4.78 is 13.6. The molecule has 0 unspecified atom stereocenters. The van der Waals surface area contributed by atoms with Gasteiger partial charge in [-0.1, -0.05) is 176 Å². The lowest BCUT2D eigenvalue weighted by Gasteiger charge is -2.28. The molecular formula is C56H35NO2. The molecule has 276 valence electrons. The highest BCUT2D eigenvalue weighted by Crippen LogP contribution is 2.48. The molecule has 0 bridgehead atoms. The van der Waals surface area contributed by atoms with E-state index >= 15 is 0 Å². The van der Waals surface area contributed by atoms with Crippen LogP contribution in [0.1, 0.15) is 0 Å². The molecule has 0 radical (unpaired) electrons. The fraction of sp³-hybridized carbons (Fsp3) is 0. The van der Waals surface area contributed by atoms with E-state index in [2.05, 4.69) is 205 Å². The largest absolute Gasteiger partial charge is 0.455 e. The Morgan fingerprint density at radius 1 is 0.271 bits per heavy atom. The molecule has 0 atom stereocenters. The molecule has 12 rings (SSSR count). The zero-order valence-electron chi connectivity index (χ0n) is 32.0. The third-order valence-electron chi connectivity index (χ3n) is 11.9. The monoisotopic (exact) mass is 753 g/mol. The van der Waals surface area contributed by atoms with Gasteiger partial charge in [0.05, 0.1) is 11.4 Å². The summed E-state index contributed by atoms with van der Waals surface area (Å²) in [5.74, 6) is 0. The first-order chi connectivity index (χ1) is 29.3. The van der Waals surface area contributed by atoms with Crippen molar-refractivity contribution in [3.05, 3.63) is 212 Å². The van der Waals surface area contributed by atoms with Crippen LogP contribution < -0.4 is 4.90 Å². The molecule has 0 aliphatic rings. The highest BCUT2D eigenvalue weighted by atomic mass is 16.3. The summed E-state index contributed by atoms with van der Waals surface area (Å²) in [7, 11) is 0. The predicted octanol–water partition coefficient (Wildman–Crippen LogP) is 16.3. The minimum absolute atomic E-state index is 0.838.